The number of piperidine rings is 1. The van der Waals surface area contributed by atoms with Gasteiger partial charge in [-0.3, -0.25) is 0 Å². The Labute approximate surface area is 86.6 Å². The van der Waals surface area contributed by atoms with E-state index >= 15 is 0 Å². The van der Waals surface area contributed by atoms with Crippen molar-refractivity contribution in [3.63, 3.8) is 0 Å². The molecule has 14 heavy (non-hydrogen) atoms. The van der Waals surface area contributed by atoms with Crippen LogP contribution in [0.5, 0.6) is 0 Å². The lowest BCUT2D eigenvalue weighted by atomic mass is 9.99. The average molecular weight is 198 g/mol. The highest BCUT2D eigenvalue weighted by molar-refractivity contribution is 4.80. The lowest BCUT2D eigenvalue weighted by Gasteiger charge is -2.32. The Morgan fingerprint density at radius 3 is 2.57 bits per heavy atom. The first-order valence-corrected chi connectivity index (χ1v) is 5.85. The van der Waals surface area contributed by atoms with E-state index < -0.39 is 0 Å². The van der Waals surface area contributed by atoms with Crippen LogP contribution in [0.4, 0.5) is 0 Å². The fourth-order valence-corrected chi connectivity index (χ4v) is 2.48. The van der Waals surface area contributed by atoms with Crippen molar-refractivity contribution in [2.75, 3.05) is 26.2 Å². The lowest BCUT2D eigenvalue weighted by molar-refractivity contribution is 0.0876. The van der Waals surface area contributed by atoms with E-state index in [2.05, 4.69) is 11.8 Å². The Balaban J connectivity index is 1.74. The Morgan fingerprint density at radius 2 is 2.00 bits per heavy atom. The second-order valence-electron chi connectivity index (χ2n) is 4.76. The number of rotatable bonds is 2. The van der Waals surface area contributed by atoms with Crippen molar-refractivity contribution in [3.8, 4) is 0 Å². The van der Waals surface area contributed by atoms with Gasteiger partial charge in [0.2, 0.25) is 0 Å². The molecule has 0 spiro atoms. The summed E-state index contributed by atoms with van der Waals surface area (Å²) in [7, 11) is 0. The van der Waals surface area contributed by atoms with Crippen LogP contribution < -0.4 is 5.73 Å². The van der Waals surface area contributed by atoms with E-state index in [1.54, 1.807) is 0 Å². The van der Waals surface area contributed by atoms with E-state index in [4.69, 9.17) is 10.5 Å². The Morgan fingerprint density at radius 1 is 1.29 bits per heavy atom. The molecule has 2 aliphatic rings. The summed E-state index contributed by atoms with van der Waals surface area (Å²) in [6.07, 6.45) is 4.04. The SMILES string of the molecule is CC1OCCC1CN1CCC(N)CC1. The maximum atomic E-state index is 5.88. The minimum absolute atomic E-state index is 0.448. The first kappa shape index (κ1) is 10.4. The third-order valence-corrected chi connectivity index (χ3v) is 3.66. The second kappa shape index (κ2) is 4.60. The van der Waals surface area contributed by atoms with Crippen LogP contribution >= 0.6 is 0 Å². The summed E-state index contributed by atoms with van der Waals surface area (Å²) in [6, 6.07) is 0.448. The van der Waals surface area contributed by atoms with E-state index in [1.165, 1.54) is 38.9 Å². The fraction of sp³-hybridized carbons (Fsp3) is 1.00. The zero-order valence-electron chi connectivity index (χ0n) is 9.11. The molecule has 0 bridgehead atoms. The fourth-order valence-electron chi connectivity index (χ4n) is 2.48. The summed E-state index contributed by atoms with van der Waals surface area (Å²) >= 11 is 0. The first-order chi connectivity index (χ1) is 6.75. The van der Waals surface area contributed by atoms with Gasteiger partial charge >= 0.3 is 0 Å². The third-order valence-electron chi connectivity index (χ3n) is 3.66. The van der Waals surface area contributed by atoms with Crippen LogP contribution in [-0.2, 0) is 4.74 Å². The molecule has 0 aromatic heterocycles. The second-order valence-corrected chi connectivity index (χ2v) is 4.76. The molecule has 0 radical (unpaired) electrons. The molecule has 0 aliphatic carbocycles. The summed E-state index contributed by atoms with van der Waals surface area (Å²) in [5.41, 5.74) is 5.88. The van der Waals surface area contributed by atoms with Gasteiger partial charge in [-0.05, 0) is 45.2 Å². The highest BCUT2D eigenvalue weighted by Crippen LogP contribution is 2.22. The van der Waals surface area contributed by atoms with Gasteiger partial charge in [0.25, 0.3) is 0 Å². The molecule has 3 nitrogen and oxygen atoms in total. The molecule has 2 N–H and O–H groups in total. The molecule has 2 rings (SSSR count). The summed E-state index contributed by atoms with van der Waals surface area (Å²) in [6.45, 7) is 6.75. The number of ether oxygens (including phenoxy) is 1. The summed E-state index contributed by atoms with van der Waals surface area (Å²) in [4.78, 5) is 2.55. The van der Waals surface area contributed by atoms with Gasteiger partial charge in [-0.2, -0.15) is 0 Å². The van der Waals surface area contributed by atoms with Crippen LogP contribution in [0, 0.1) is 5.92 Å². The van der Waals surface area contributed by atoms with Crippen LogP contribution in [0.2, 0.25) is 0 Å². The van der Waals surface area contributed by atoms with Crippen molar-refractivity contribution >= 4 is 0 Å². The molecule has 2 unspecified atom stereocenters. The zero-order chi connectivity index (χ0) is 9.97. The van der Waals surface area contributed by atoms with E-state index in [0.717, 1.165) is 12.5 Å². The molecule has 2 heterocycles. The van der Waals surface area contributed by atoms with Gasteiger partial charge in [-0.15, -0.1) is 0 Å². The quantitative estimate of drug-likeness (QED) is 0.714. The molecule has 0 aromatic carbocycles. The minimum Gasteiger partial charge on any atom is -0.378 e. The zero-order valence-corrected chi connectivity index (χ0v) is 9.11. The molecule has 82 valence electrons. The summed E-state index contributed by atoms with van der Waals surface area (Å²) in [5.74, 6) is 0.754. The lowest BCUT2D eigenvalue weighted by Crippen LogP contribution is -2.42. The molecule has 2 aliphatic heterocycles. The smallest absolute Gasteiger partial charge is 0.0588 e. The summed E-state index contributed by atoms with van der Waals surface area (Å²) in [5, 5.41) is 0. The molecule has 2 atom stereocenters. The molecule has 2 fully saturated rings. The number of likely N-dealkylation sites (tertiary alicyclic amines) is 1. The van der Waals surface area contributed by atoms with Gasteiger partial charge in [0.1, 0.15) is 0 Å². The number of nitrogens with zero attached hydrogens (tertiary/aromatic N) is 1. The largest absolute Gasteiger partial charge is 0.378 e. The standard InChI is InChI=1S/C11H22N2O/c1-9-10(4-7-14-9)8-13-5-2-11(12)3-6-13/h9-11H,2-8,12H2,1H3. The number of nitrogens with two attached hydrogens (primary N) is 1. The van der Waals surface area contributed by atoms with Crippen molar-refractivity contribution in [1.29, 1.82) is 0 Å². The van der Waals surface area contributed by atoms with E-state index in [9.17, 15) is 0 Å². The average Bonchev–Trinajstić information content (AvgIpc) is 2.56. The third kappa shape index (κ3) is 2.47. The van der Waals surface area contributed by atoms with Crippen LogP contribution in [0.25, 0.3) is 0 Å². The van der Waals surface area contributed by atoms with Crippen molar-refractivity contribution in [2.45, 2.75) is 38.3 Å². The van der Waals surface area contributed by atoms with Crippen LogP contribution in [0.1, 0.15) is 26.2 Å². The van der Waals surface area contributed by atoms with Crippen LogP contribution in [-0.4, -0.2) is 43.3 Å². The van der Waals surface area contributed by atoms with Gasteiger partial charge < -0.3 is 15.4 Å². The van der Waals surface area contributed by atoms with Crippen LogP contribution in [0.15, 0.2) is 0 Å². The Kier molecular flexibility index (Phi) is 3.42. The van der Waals surface area contributed by atoms with E-state index in [1.807, 2.05) is 0 Å². The highest BCUT2D eigenvalue weighted by atomic mass is 16.5. The van der Waals surface area contributed by atoms with Crippen molar-refractivity contribution < 1.29 is 4.74 Å². The van der Waals surface area contributed by atoms with Gasteiger partial charge in [0, 0.05) is 19.2 Å². The maximum Gasteiger partial charge on any atom is 0.0588 e. The van der Waals surface area contributed by atoms with Crippen molar-refractivity contribution in [1.82, 2.24) is 4.90 Å². The Bertz CT molecular complexity index is 178. The number of hydrogen-bond donors (Lipinski definition) is 1. The maximum absolute atomic E-state index is 5.88. The highest BCUT2D eigenvalue weighted by Gasteiger charge is 2.27. The summed E-state index contributed by atoms with van der Waals surface area (Å²) < 4.78 is 5.58. The molecule has 0 saturated carbocycles. The topological polar surface area (TPSA) is 38.5 Å². The Hall–Kier alpha value is -0.120. The van der Waals surface area contributed by atoms with Gasteiger partial charge in [-0.25, -0.2) is 0 Å². The minimum atomic E-state index is 0.448. The van der Waals surface area contributed by atoms with Crippen LogP contribution in [0.3, 0.4) is 0 Å². The molecule has 0 aromatic rings. The van der Waals surface area contributed by atoms with Crippen molar-refractivity contribution in [2.24, 2.45) is 11.7 Å². The molecular formula is C11H22N2O. The monoisotopic (exact) mass is 198 g/mol. The molecule has 3 heteroatoms. The predicted molar refractivity (Wildman–Crippen MR) is 57.2 cm³/mol. The molecular weight excluding hydrogens is 176 g/mol. The van der Waals surface area contributed by atoms with Gasteiger partial charge in [0.05, 0.1) is 6.10 Å². The van der Waals surface area contributed by atoms with Crippen molar-refractivity contribution in [3.05, 3.63) is 0 Å². The predicted octanol–water partition coefficient (Wildman–Crippen LogP) is 0.834. The van der Waals surface area contributed by atoms with Gasteiger partial charge in [-0.1, -0.05) is 0 Å². The molecule has 0 amide bonds. The number of hydrogen-bond acceptors (Lipinski definition) is 3. The molecule has 2 saturated heterocycles. The van der Waals surface area contributed by atoms with E-state index in [-0.39, 0.29) is 0 Å². The first-order valence-electron chi connectivity index (χ1n) is 5.85. The van der Waals surface area contributed by atoms with Gasteiger partial charge in [0.15, 0.2) is 0 Å². The van der Waals surface area contributed by atoms with E-state index in [0.29, 0.717) is 12.1 Å². The normalized spacial score (nSPS) is 36.4.